The molecule has 1 unspecified atom stereocenters. The first-order chi connectivity index (χ1) is 8.19. The van der Waals surface area contributed by atoms with Crippen molar-refractivity contribution in [3.63, 3.8) is 0 Å². The van der Waals surface area contributed by atoms with Crippen LogP contribution in [0, 0.1) is 0 Å². The van der Waals surface area contributed by atoms with Crippen LogP contribution in [0.25, 0.3) is 0 Å². The molecule has 1 N–H and O–H groups in total. The second-order valence-electron chi connectivity index (χ2n) is 4.51. The molecule has 0 aromatic rings. The SMILES string of the molecule is C=C(CNC)CN1CCCCC1C(=O)OCC. The molecular formula is C13H24N2O2. The zero-order chi connectivity index (χ0) is 12.7. The van der Waals surface area contributed by atoms with Gasteiger partial charge in [-0.15, -0.1) is 0 Å². The van der Waals surface area contributed by atoms with Crippen LogP contribution in [0.3, 0.4) is 0 Å². The lowest BCUT2D eigenvalue weighted by molar-refractivity contribution is -0.150. The summed E-state index contributed by atoms with van der Waals surface area (Å²) in [6.07, 6.45) is 3.17. The zero-order valence-electron chi connectivity index (χ0n) is 11.0. The van der Waals surface area contributed by atoms with Crippen LogP contribution in [0.15, 0.2) is 12.2 Å². The molecule has 4 nitrogen and oxygen atoms in total. The van der Waals surface area contributed by atoms with E-state index in [0.717, 1.165) is 44.5 Å². The largest absolute Gasteiger partial charge is 0.465 e. The summed E-state index contributed by atoms with van der Waals surface area (Å²) in [4.78, 5) is 14.0. The molecule has 0 amide bonds. The Balaban J connectivity index is 2.53. The number of esters is 1. The van der Waals surface area contributed by atoms with Gasteiger partial charge in [-0.25, -0.2) is 0 Å². The minimum absolute atomic E-state index is 0.0719. The van der Waals surface area contributed by atoms with E-state index in [1.54, 1.807) is 0 Å². The molecule has 0 spiro atoms. The van der Waals surface area contributed by atoms with Crippen LogP contribution < -0.4 is 5.32 Å². The van der Waals surface area contributed by atoms with E-state index in [4.69, 9.17) is 4.74 Å². The summed E-state index contributed by atoms with van der Waals surface area (Å²) < 4.78 is 5.13. The van der Waals surface area contributed by atoms with Gasteiger partial charge >= 0.3 is 5.97 Å². The molecule has 0 saturated carbocycles. The predicted molar refractivity (Wildman–Crippen MR) is 68.9 cm³/mol. The van der Waals surface area contributed by atoms with E-state index in [2.05, 4.69) is 16.8 Å². The van der Waals surface area contributed by atoms with Crippen LogP contribution in [-0.4, -0.2) is 50.2 Å². The van der Waals surface area contributed by atoms with E-state index in [1.165, 1.54) is 0 Å². The minimum Gasteiger partial charge on any atom is -0.465 e. The molecule has 4 heteroatoms. The maximum atomic E-state index is 11.8. The lowest BCUT2D eigenvalue weighted by atomic mass is 10.0. The quantitative estimate of drug-likeness (QED) is 0.559. The normalized spacial score (nSPS) is 21.2. The van der Waals surface area contributed by atoms with Gasteiger partial charge in [0.1, 0.15) is 6.04 Å². The molecule has 0 bridgehead atoms. The fourth-order valence-electron chi connectivity index (χ4n) is 2.28. The number of ether oxygens (including phenoxy) is 1. The Kier molecular flexibility index (Phi) is 6.22. The molecule has 1 aliphatic heterocycles. The maximum absolute atomic E-state index is 11.8. The average Bonchev–Trinajstić information content (AvgIpc) is 2.30. The number of likely N-dealkylation sites (tertiary alicyclic amines) is 1. The van der Waals surface area contributed by atoms with Gasteiger partial charge in [0.2, 0.25) is 0 Å². The molecule has 1 saturated heterocycles. The van der Waals surface area contributed by atoms with Gasteiger partial charge in [0.15, 0.2) is 0 Å². The van der Waals surface area contributed by atoms with Crippen molar-refractivity contribution in [1.82, 2.24) is 10.2 Å². The number of nitrogens with one attached hydrogen (secondary N) is 1. The van der Waals surface area contributed by atoms with E-state index in [1.807, 2.05) is 14.0 Å². The van der Waals surface area contributed by atoms with Crippen molar-refractivity contribution < 1.29 is 9.53 Å². The Morgan fingerprint density at radius 1 is 1.53 bits per heavy atom. The average molecular weight is 240 g/mol. The fourth-order valence-corrected chi connectivity index (χ4v) is 2.28. The van der Waals surface area contributed by atoms with Gasteiger partial charge in [0.05, 0.1) is 6.61 Å². The second kappa shape index (κ2) is 7.45. The van der Waals surface area contributed by atoms with Crippen LogP contribution in [-0.2, 0) is 9.53 Å². The van der Waals surface area contributed by atoms with E-state index in [-0.39, 0.29) is 12.0 Å². The topological polar surface area (TPSA) is 41.6 Å². The molecule has 0 radical (unpaired) electrons. The molecule has 17 heavy (non-hydrogen) atoms. The number of hydrogen-bond acceptors (Lipinski definition) is 4. The van der Waals surface area contributed by atoms with Gasteiger partial charge in [-0.3, -0.25) is 9.69 Å². The summed E-state index contributed by atoms with van der Waals surface area (Å²) in [5.41, 5.74) is 1.11. The van der Waals surface area contributed by atoms with Gasteiger partial charge in [-0.05, 0) is 38.9 Å². The first kappa shape index (κ1) is 14.2. The molecule has 1 heterocycles. The smallest absolute Gasteiger partial charge is 0.323 e. The number of rotatable bonds is 6. The zero-order valence-corrected chi connectivity index (χ0v) is 11.0. The summed E-state index contributed by atoms with van der Waals surface area (Å²) >= 11 is 0. The molecule has 1 atom stereocenters. The third kappa shape index (κ3) is 4.48. The maximum Gasteiger partial charge on any atom is 0.323 e. The molecule has 1 fully saturated rings. The van der Waals surface area contributed by atoms with Crippen molar-refractivity contribution >= 4 is 5.97 Å². The molecule has 0 aliphatic carbocycles. The molecule has 0 aromatic carbocycles. The predicted octanol–water partition coefficient (Wildman–Crippen LogP) is 1.18. The van der Waals surface area contributed by atoms with Gasteiger partial charge in [-0.1, -0.05) is 13.0 Å². The first-order valence-corrected chi connectivity index (χ1v) is 6.41. The van der Waals surface area contributed by atoms with Gasteiger partial charge in [0, 0.05) is 13.1 Å². The van der Waals surface area contributed by atoms with Gasteiger partial charge in [-0.2, -0.15) is 0 Å². The fraction of sp³-hybridized carbons (Fsp3) is 0.769. The molecule has 0 aromatic heterocycles. The Morgan fingerprint density at radius 2 is 2.29 bits per heavy atom. The van der Waals surface area contributed by atoms with Crippen molar-refractivity contribution in [2.75, 3.05) is 33.3 Å². The lowest BCUT2D eigenvalue weighted by Crippen LogP contribution is -2.46. The minimum atomic E-state index is -0.0792. The van der Waals surface area contributed by atoms with Crippen LogP contribution >= 0.6 is 0 Å². The van der Waals surface area contributed by atoms with Crippen molar-refractivity contribution in [3.05, 3.63) is 12.2 Å². The number of carbonyl (C=O) groups is 1. The van der Waals surface area contributed by atoms with Gasteiger partial charge in [0.25, 0.3) is 0 Å². The molecule has 1 aliphatic rings. The van der Waals surface area contributed by atoms with E-state index in [9.17, 15) is 4.79 Å². The van der Waals surface area contributed by atoms with Crippen LogP contribution in [0.5, 0.6) is 0 Å². The van der Waals surface area contributed by atoms with E-state index in [0.29, 0.717) is 6.61 Å². The summed E-state index contributed by atoms with van der Waals surface area (Å²) in [5, 5.41) is 3.08. The van der Waals surface area contributed by atoms with Crippen LogP contribution in [0.2, 0.25) is 0 Å². The number of nitrogens with zero attached hydrogens (tertiary/aromatic N) is 1. The summed E-state index contributed by atoms with van der Waals surface area (Å²) in [7, 11) is 1.91. The van der Waals surface area contributed by atoms with Crippen molar-refractivity contribution in [2.45, 2.75) is 32.2 Å². The number of hydrogen-bond donors (Lipinski definition) is 1. The van der Waals surface area contributed by atoms with Crippen molar-refractivity contribution in [3.8, 4) is 0 Å². The third-order valence-corrected chi connectivity index (χ3v) is 3.03. The Bertz CT molecular complexity index is 266. The number of piperidine rings is 1. The standard InChI is InChI=1S/C13H24N2O2/c1-4-17-13(16)12-7-5-6-8-15(12)10-11(2)9-14-3/h12,14H,2,4-10H2,1,3H3. The highest BCUT2D eigenvalue weighted by Crippen LogP contribution is 2.19. The molecule has 98 valence electrons. The van der Waals surface area contributed by atoms with E-state index >= 15 is 0 Å². The highest BCUT2D eigenvalue weighted by molar-refractivity contribution is 5.75. The summed E-state index contributed by atoms with van der Waals surface area (Å²) in [5.74, 6) is -0.0792. The van der Waals surface area contributed by atoms with Crippen LogP contribution in [0.1, 0.15) is 26.2 Å². The van der Waals surface area contributed by atoms with Crippen molar-refractivity contribution in [1.29, 1.82) is 0 Å². The Morgan fingerprint density at radius 3 is 2.94 bits per heavy atom. The number of carbonyl (C=O) groups excluding carboxylic acids is 1. The Hall–Kier alpha value is -0.870. The van der Waals surface area contributed by atoms with E-state index < -0.39 is 0 Å². The van der Waals surface area contributed by atoms with Crippen molar-refractivity contribution in [2.24, 2.45) is 0 Å². The highest BCUT2D eigenvalue weighted by atomic mass is 16.5. The highest BCUT2D eigenvalue weighted by Gasteiger charge is 2.29. The van der Waals surface area contributed by atoms with Gasteiger partial charge < -0.3 is 10.1 Å². The van der Waals surface area contributed by atoms with Crippen LogP contribution in [0.4, 0.5) is 0 Å². The summed E-state index contributed by atoms with van der Waals surface area (Å²) in [6.45, 7) is 8.88. The second-order valence-corrected chi connectivity index (χ2v) is 4.51. The molecule has 1 rings (SSSR count). The third-order valence-electron chi connectivity index (χ3n) is 3.03. The lowest BCUT2D eigenvalue weighted by Gasteiger charge is -2.34. The monoisotopic (exact) mass is 240 g/mol. The molecular weight excluding hydrogens is 216 g/mol. The number of likely N-dealkylation sites (N-methyl/N-ethyl adjacent to an activating group) is 1. The summed E-state index contributed by atoms with van der Waals surface area (Å²) in [6, 6.07) is -0.0719. The Labute approximate surface area is 104 Å². The first-order valence-electron chi connectivity index (χ1n) is 6.41.